The van der Waals surface area contributed by atoms with E-state index in [1.54, 1.807) is 11.3 Å². The van der Waals surface area contributed by atoms with Crippen molar-refractivity contribution >= 4 is 22.9 Å². The molecule has 2 N–H and O–H groups in total. The first kappa shape index (κ1) is 11.6. The van der Waals surface area contributed by atoms with Gasteiger partial charge in [-0.3, -0.25) is 0 Å². The van der Waals surface area contributed by atoms with Crippen molar-refractivity contribution in [2.75, 3.05) is 0 Å². The molecule has 0 spiro atoms. The SMILES string of the molecule is CC(N)(Cc1ccsc1)c1cccc(Cl)c1. The van der Waals surface area contributed by atoms with Crippen LogP contribution in [0, 0.1) is 0 Å². The number of nitrogens with two attached hydrogens (primary N) is 1. The molecule has 1 heterocycles. The van der Waals surface area contributed by atoms with Gasteiger partial charge < -0.3 is 5.73 Å². The number of halogens is 1. The average Bonchev–Trinajstić information content (AvgIpc) is 2.70. The molecule has 0 aliphatic carbocycles. The molecule has 3 heteroatoms. The van der Waals surface area contributed by atoms with Gasteiger partial charge in [-0.05, 0) is 53.4 Å². The molecule has 0 saturated heterocycles. The molecule has 0 aliphatic heterocycles. The second kappa shape index (κ2) is 4.58. The molecule has 16 heavy (non-hydrogen) atoms. The van der Waals surface area contributed by atoms with E-state index in [1.165, 1.54) is 5.56 Å². The number of hydrogen-bond donors (Lipinski definition) is 1. The molecule has 0 bridgehead atoms. The Labute approximate surface area is 105 Å². The van der Waals surface area contributed by atoms with Crippen LogP contribution in [-0.4, -0.2) is 0 Å². The van der Waals surface area contributed by atoms with E-state index in [1.807, 2.05) is 31.2 Å². The van der Waals surface area contributed by atoms with E-state index in [9.17, 15) is 0 Å². The molecule has 1 atom stereocenters. The van der Waals surface area contributed by atoms with Gasteiger partial charge in [-0.15, -0.1) is 0 Å². The minimum Gasteiger partial charge on any atom is -0.321 e. The highest BCUT2D eigenvalue weighted by Crippen LogP contribution is 2.25. The molecule has 1 aromatic heterocycles. The maximum Gasteiger partial charge on any atom is 0.0422 e. The molecule has 1 aromatic carbocycles. The summed E-state index contributed by atoms with van der Waals surface area (Å²) in [6, 6.07) is 9.88. The zero-order valence-electron chi connectivity index (χ0n) is 9.11. The van der Waals surface area contributed by atoms with Crippen LogP contribution in [0.1, 0.15) is 18.1 Å². The molecule has 0 amide bonds. The van der Waals surface area contributed by atoms with Gasteiger partial charge in [-0.2, -0.15) is 11.3 Å². The summed E-state index contributed by atoms with van der Waals surface area (Å²) < 4.78 is 0. The summed E-state index contributed by atoms with van der Waals surface area (Å²) in [7, 11) is 0. The molecule has 1 nitrogen and oxygen atoms in total. The third-order valence-corrected chi connectivity index (χ3v) is 3.60. The van der Waals surface area contributed by atoms with E-state index in [4.69, 9.17) is 17.3 Å². The zero-order chi connectivity index (χ0) is 11.6. The quantitative estimate of drug-likeness (QED) is 0.882. The smallest absolute Gasteiger partial charge is 0.0422 e. The predicted molar refractivity (Wildman–Crippen MR) is 71.0 cm³/mol. The van der Waals surface area contributed by atoms with Crippen molar-refractivity contribution in [3.63, 3.8) is 0 Å². The monoisotopic (exact) mass is 251 g/mol. The predicted octanol–water partition coefficient (Wildman–Crippen LogP) is 3.82. The zero-order valence-corrected chi connectivity index (χ0v) is 10.7. The first-order valence-electron chi connectivity index (χ1n) is 5.14. The Bertz CT molecular complexity index is 463. The average molecular weight is 252 g/mol. The Hall–Kier alpha value is -0.830. The van der Waals surface area contributed by atoms with Crippen LogP contribution >= 0.6 is 22.9 Å². The van der Waals surface area contributed by atoms with Crippen LogP contribution in [0.25, 0.3) is 0 Å². The van der Waals surface area contributed by atoms with Crippen molar-refractivity contribution in [1.82, 2.24) is 0 Å². The van der Waals surface area contributed by atoms with Gasteiger partial charge in [0.15, 0.2) is 0 Å². The fourth-order valence-electron chi connectivity index (χ4n) is 1.76. The lowest BCUT2D eigenvalue weighted by atomic mass is 9.87. The highest BCUT2D eigenvalue weighted by molar-refractivity contribution is 7.07. The normalized spacial score (nSPS) is 14.7. The summed E-state index contributed by atoms with van der Waals surface area (Å²) in [6.45, 7) is 2.04. The van der Waals surface area contributed by atoms with E-state index in [2.05, 4.69) is 16.8 Å². The molecule has 0 saturated carbocycles. The Morgan fingerprint density at radius 1 is 1.38 bits per heavy atom. The van der Waals surface area contributed by atoms with Gasteiger partial charge in [0.1, 0.15) is 0 Å². The third kappa shape index (κ3) is 2.64. The lowest BCUT2D eigenvalue weighted by Gasteiger charge is -2.25. The Morgan fingerprint density at radius 2 is 2.19 bits per heavy atom. The molecule has 1 unspecified atom stereocenters. The van der Waals surface area contributed by atoms with Gasteiger partial charge in [-0.25, -0.2) is 0 Å². The van der Waals surface area contributed by atoms with Crippen molar-refractivity contribution in [3.05, 3.63) is 57.2 Å². The van der Waals surface area contributed by atoms with E-state index in [0.717, 1.165) is 17.0 Å². The molecule has 0 fully saturated rings. The molecule has 2 aromatic rings. The van der Waals surface area contributed by atoms with E-state index in [-0.39, 0.29) is 5.54 Å². The number of thiophene rings is 1. The molecule has 0 radical (unpaired) electrons. The lowest BCUT2D eigenvalue weighted by Crippen LogP contribution is -2.35. The van der Waals surface area contributed by atoms with Crippen LogP contribution < -0.4 is 5.73 Å². The lowest BCUT2D eigenvalue weighted by molar-refractivity contribution is 0.492. The minimum absolute atomic E-state index is 0.369. The molecular weight excluding hydrogens is 238 g/mol. The summed E-state index contributed by atoms with van der Waals surface area (Å²) in [5, 5.41) is 4.94. The number of benzene rings is 1. The van der Waals surface area contributed by atoms with Gasteiger partial charge in [0.2, 0.25) is 0 Å². The Morgan fingerprint density at radius 3 is 2.81 bits per heavy atom. The maximum atomic E-state index is 6.34. The van der Waals surface area contributed by atoms with Crippen molar-refractivity contribution < 1.29 is 0 Å². The van der Waals surface area contributed by atoms with E-state index >= 15 is 0 Å². The summed E-state index contributed by atoms with van der Waals surface area (Å²) >= 11 is 7.68. The highest BCUT2D eigenvalue weighted by Gasteiger charge is 2.21. The Kier molecular flexibility index (Phi) is 3.33. The standard InChI is InChI=1S/C13H14ClNS/c1-13(15,8-10-5-6-16-9-10)11-3-2-4-12(14)7-11/h2-7,9H,8,15H2,1H3. The van der Waals surface area contributed by atoms with Crippen molar-refractivity contribution in [2.24, 2.45) is 5.73 Å². The van der Waals surface area contributed by atoms with Crippen molar-refractivity contribution in [2.45, 2.75) is 18.9 Å². The number of hydrogen-bond acceptors (Lipinski definition) is 2. The van der Waals surface area contributed by atoms with Crippen LogP contribution in [0.4, 0.5) is 0 Å². The Balaban J connectivity index is 2.24. The van der Waals surface area contributed by atoms with Crippen LogP contribution in [0.3, 0.4) is 0 Å². The summed E-state index contributed by atoms with van der Waals surface area (Å²) in [5.74, 6) is 0. The van der Waals surface area contributed by atoms with E-state index < -0.39 is 0 Å². The fraction of sp³-hybridized carbons (Fsp3) is 0.231. The van der Waals surface area contributed by atoms with Gasteiger partial charge in [0.05, 0.1) is 0 Å². The highest BCUT2D eigenvalue weighted by atomic mass is 35.5. The number of rotatable bonds is 3. The van der Waals surface area contributed by atoms with Crippen LogP contribution in [0.5, 0.6) is 0 Å². The fourth-order valence-corrected chi connectivity index (χ4v) is 2.62. The third-order valence-electron chi connectivity index (χ3n) is 2.64. The first-order valence-corrected chi connectivity index (χ1v) is 6.46. The van der Waals surface area contributed by atoms with Crippen molar-refractivity contribution in [1.29, 1.82) is 0 Å². The summed E-state index contributed by atoms with van der Waals surface area (Å²) in [6.07, 6.45) is 0.830. The molecule has 2 rings (SSSR count). The second-order valence-corrected chi connectivity index (χ2v) is 5.45. The van der Waals surface area contributed by atoms with Gasteiger partial charge in [-0.1, -0.05) is 23.7 Å². The van der Waals surface area contributed by atoms with Crippen LogP contribution in [-0.2, 0) is 12.0 Å². The largest absolute Gasteiger partial charge is 0.321 e. The van der Waals surface area contributed by atoms with Gasteiger partial charge >= 0.3 is 0 Å². The topological polar surface area (TPSA) is 26.0 Å². The molecule has 0 aliphatic rings. The maximum absolute atomic E-state index is 6.34. The molecular formula is C13H14ClNS. The van der Waals surface area contributed by atoms with Crippen LogP contribution in [0.15, 0.2) is 41.1 Å². The van der Waals surface area contributed by atoms with Crippen LogP contribution in [0.2, 0.25) is 5.02 Å². The van der Waals surface area contributed by atoms with E-state index in [0.29, 0.717) is 0 Å². The minimum atomic E-state index is -0.369. The van der Waals surface area contributed by atoms with Crippen molar-refractivity contribution in [3.8, 4) is 0 Å². The summed E-state index contributed by atoms with van der Waals surface area (Å²) in [5.41, 5.74) is 8.32. The molecule has 84 valence electrons. The second-order valence-electron chi connectivity index (χ2n) is 4.24. The summed E-state index contributed by atoms with van der Waals surface area (Å²) in [4.78, 5) is 0. The van der Waals surface area contributed by atoms with Gasteiger partial charge in [0.25, 0.3) is 0 Å². The van der Waals surface area contributed by atoms with Gasteiger partial charge in [0, 0.05) is 10.6 Å². The first-order chi connectivity index (χ1) is 7.58.